The fourth-order valence-corrected chi connectivity index (χ4v) is 2.13. The molecule has 1 heterocycles. The lowest BCUT2D eigenvalue weighted by atomic mass is 10.0. The van der Waals surface area contributed by atoms with E-state index in [0.717, 1.165) is 22.3 Å². The lowest BCUT2D eigenvalue weighted by Crippen LogP contribution is -1.95. The fraction of sp³-hybridized carbons (Fsp3) is 0.0667. The molecule has 19 heavy (non-hydrogen) atoms. The third-order valence-electron chi connectivity index (χ3n) is 3.02. The minimum atomic E-state index is 0.683. The normalized spacial score (nSPS) is 10.3. The van der Waals surface area contributed by atoms with Crippen LogP contribution in [0.15, 0.2) is 48.7 Å². The molecular weight excluding hydrogens is 236 g/mol. The van der Waals surface area contributed by atoms with E-state index < -0.39 is 0 Å². The number of hydrogen-bond donors (Lipinski definition) is 1. The van der Waals surface area contributed by atoms with Gasteiger partial charge in [-0.3, -0.25) is 4.68 Å². The maximum Gasteiger partial charge on any atom is 0.152 e. The molecule has 1 N–H and O–H groups in total. The summed E-state index contributed by atoms with van der Waals surface area (Å²) >= 11 is 0. The Balaban J connectivity index is 2.12. The number of nitrogens with one attached hydrogen (secondary N) is 1. The van der Waals surface area contributed by atoms with Crippen molar-refractivity contribution < 1.29 is 0 Å². The molecule has 0 aliphatic rings. The van der Waals surface area contributed by atoms with Gasteiger partial charge in [-0.25, -0.2) is 0 Å². The topological polar surface area (TPSA) is 53.6 Å². The zero-order valence-electron chi connectivity index (χ0n) is 10.5. The number of rotatable bonds is 2. The van der Waals surface area contributed by atoms with Gasteiger partial charge in [-0.1, -0.05) is 24.3 Å². The first-order chi connectivity index (χ1) is 9.28. The van der Waals surface area contributed by atoms with Crippen molar-refractivity contribution in [1.29, 1.82) is 5.26 Å². The van der Waals surface area contributed by atoms with Gasteiger partial charge in [0.1, 0.15) is 0 Å². The molecule has 0 saturated carbocycles. The highest BCUT2D eigenvalue weighted by Gasteiger charge is 2.06. The predicted molar refractivity (Wildman–Crippen MR) is 75.2 cm³/mol. The Bertz CT molecular complexity index is 780. The molecule has 0 saturated heterocycles. The van der Waals surface area contributed by atoms with E-state index in [4.69, 9.17) is 5.26 Å². The van der Waals surface area contributed by atoms with Gasteiger partial charge in [0, 0.05) is 35.8 Å². The van der Waals surface area contributed by atoms with E-state index in [2.05, 4.69) is 16.5 Å². The average molecular weight is 248 g/mol. The summed E-state index contributed by atoms with van der Waals surface area (Å²) in [5.74, 6) is 0.789. The molecule has 92 valence electrons. The highest BCUT2D eigenvalue weighted by atomic mass is 15.3. The van der Waals surface area contributed by atoms with Crippen LogP contribution in [0.1, 0.15) is 5.56 Å². The molecule has 3 rings (SSSR count). The molecule has 0 amide bonds. The molecular formula is C15H12N4. The Kier molecular flexibility index (Phi) is 2.66. The first kappa shape index (κ1) is 11.3. The SMILES string of the molecule is Cn1ccc(Nc2ccc(C#N)c3ccccc23)n1. The summed E-state index contributed by atoms with van der Waals surface area (Å²) in [6.45, 7) is 0. The molecule has 0 fully saturated rings. The number of nitriles is 1. The minimum absolute atomic E-state index is 0.683. The van der Waals surface area contributed by atoms with Crippen molar-refractivity contribution in [2.45, 2.75) is 0 Å². The summed E-state index contributed by atoms with van der Waals surface area (Å²) in [4.78, 5) is 0. The number of aryl methyl sites for hydroxylation is 1. The van der Waals surface area contributed by atoms with Gasteiger partial charge in [-0.15, -0.1) is 0 Å². The maximum atomic E-state index is 9.13. The van der Waals surface area contributed by atoms with Gasteiger partial charge in [0.25, 0.3) is 0 Å². The van der Waals surface area contributed by atoms with Gasteiger partial charge < -0.3 is 5.32 Å². The van der Waals surface area contributed by atoms with Crippen molar-refractivity contribution in [3.05, 3.63) is 54.2 Å². The zero-order valence-corrected chi connectivity index (χ0v) is 10.5. The standard InChI is InChI=1S/C15H12N4/c1-19-9-8-15(18-19)17-14-7-6-11(10-16)12-4-2-3-5-13(12)14/h2-9H,1H3,(H,17,18). The second-order valence-electron chi connectivity index (χ2n) is 4.32. The van der Waals surface area contributed by atoms with Crippen LogP contribution in [-0.2, 0) is 7.05 Å². The number of anilines is 2. The van der Waals surface area contributed by atoms with E-state index >= 15 is 0 Å². The lowest BCUT2D eigenvalue weighted by Gasteiger charge is -2.08. The lowest BCUT2D eigenvalue weighted by molar-refractivity contribution is 0.771. The molecule has 1 aromatic heterocycles. The van der Waals surface area contributed by atoms with E-state index in [-0.39, 0.29) is 0 Å². The van der Waals surface area contributed by atoms with Crippen LogP contribution in [0.5, 0.6) is 0 Å². The summed E-state index contributed by atoms with van der Waals surface area (Å²) in [6.07, 6.45) is 1.88. The Labute approximate surface area is 110 Å². The maximum absolute atomic E-state index is 9.13. The Morgan fingerprint density at radius 2 is 1.89 bits per heavy atom. The van der Waals surface area contributed by atoms with E-state index in [1.54, 1.807) is 4.68 Å². The molecule has 4 nitrogen and oxygen atoms in total. The number of benzene rings is 2. The smallest absolute Gasteiger partial charge is 0.152 e. The number of fused-ring (bicyclic) bond motifs is 1. The van der Waals surface area contributed by atoms with Crippen LogP contribution in [0.25, 0.3) is 10.8 Å². The largest absolute Gasteiger partial charge is 0.338 e. The Morgan fingerprint density at radius 3 is 2.58 bits per heavy atom. The molecule has 2 aromatic carbocycles. The molecule has 0 bridgehead atoms. The van der Waals surface area contributed by atoms with Crippen molar-refractivity contribution in [3.63, 3.8) is 0 Å². The number of aromatic nitrogens is 2. The van der Waals surface area contributed by atoms with Crippen molar-refractivity contribution in [1.82, 2.24) is 9.78 Å². The summed E-state index contributed by atoms with van der Waals surface area (Å²) in [7, 11) is 1.88. The number of hydrogen-bond acceptors (Lipinski definition) is 3. The second-order valence-corrected chi connectivity index (χ2v) is 4.32. The quantitative estimate of drug-likeness (QED) is 0.757. The first-order valence-corrected chi connectivity index (χ1v) is 5.96. The van der Waals surface area contributed by atoms with Crippen molar-refractivity contribution in [3.8, 4) is 6.07 Å². The summed E-state index contributed by atoms with van der Waals surface area (Å²) < 4.78 is 1.74. The van der Waals surface area contributed by atoms with Crippen LogP contribution in [0, 0.1) is 11.3 Å². The third-order valence-corrected chi connectivity index (χ3v) is 3.02. The van der Waals surface area contributed by atoms with Crippen molar-refractivity contribution >= 4 is 22.3 Å². The van der Waals surface area contributed by atoms with E-state index in [1.165, 1.54) is 0 Å². The summed E-state index contributed by atoms with van der Waals surface area (Å²) in [6, 6.07) is 15.7. The molecule has 0 aliphatic heterocycles. The van der Waals surface area contributed by atoms with Gasteiger partial charge >= 0.3 is 0 Å². The first-order valence-electron chi connectivity index (χ1n) is 5.96. The monoisotopic (exact) mass is 248 g/mol. The molecule has 0 aliphatic carbocycles. The molecule has 4 heteroatoms. The third kappa shape index (κ3) is 2.02. The highest BCUT2D eigenvalue weighted by molar-refractivity contribution is 5.98. The van der Waals surface area contributed by atoms with Gasteiger partial charge in [0.2, 0.25) is 0 Å². The van der Waals surface area contributed by atoms with Crippen molar-refractivity contribution in [2.24, 2.45) is 7.05 Å². The molecule has 0 spiro atoms. The van der Waals surface area contributed by atoms with Gasteiger partial charge in [0.05, 0.1) is 11.6 Å². The number of nitrogens with zero attached hydrogens (tertiary/aromatic N) is 3. The Morgan fingerprint density at radius 1 is 1.11 bits per heavy atom. The highest BCUT2D eigenvalue weighted by Crippen LogP contribution is 2.28. The predicted octanol–water partition coefficient (Wildman–Crippen LogP) is 3.19. The minimum Gasteiger partial charge on any atom is -0.338 e. The van der Waals surface area contributed by atoms with Crippen LogP contribution in [0.3, 0.4) is 0 Å². The van der Waals surface area contributed by atoms with Gasteiger partial charge in [-0.2, -0.15) is 10.4 Å². The Hall–Kier alpha value is -2.80. The van der Waals surface area contributed by atoms with Crippen LogP contribution in [-0.4, -0.2) is 9.78 Å². The summed E-state index contributed by atoms with van der Waals surface area (Å²) in [5.41, 5.74) is 1.63. The van der Waals surface area contributed by atoms with Gasteiger partial charge in [-0.05, 0) is 12.1 Å². The molecule has 0 radical (unpaired) electrons. The van der Waals surface area contributed by atoms with E-state index in [1.807, 2.05) is 55.7 Å². The fourth-order valence-electron chi connectivity index (χ4n) is 2.13. The van der Waals surface area contributed by atoms with Crippen LogP contribution >= 0.6 is 0 Å². The van der Waals surface area contributed by atoms with E-state index in [9.17, 15) is 0 Å². The van der Waals surface area contributed by atoms with Crippen LogP contribution < -0.4 is 5.32 Å². The molecule has 0 unspecified atom stereocenters. The average Bonchev–Trinajstić information content (AvgIpc) is 2.85. The van der Waals surface area contributed by atoms with Crippen LogP contribution in [0.2, 0.25) is 0 Å². The molecule has 3 aromatic rings. The van der Waals surface area contributed by atoms with Gasteiger partial charge in [0.15, 0.2) is 5.82 Å². The van der Waals surface area contributed by atoms with Crippen LogP contribution in [0.4, 0.5) is 11.5 Å². The zero-order chi connectivity index (χ0) is 13.2. The summed E-state index contributed by atoms with van der Waals surface area (Å²) in [5, 5.41) is 18.7. The second kappa shape index (κ2) is 4.46. The van der Waals surface area contributed by atoms with Crippen molar-refractivity contribution in [2.75, 3.05) is 5.32 Å². The van der Waals surface area contributed by atoms with E-state index in [0.29, 0.717) is 5.56 Å². The molecule has 0 atom stereocenters.